The van der Waals surface area contributed by atoms with Gasteiger partial charge in [0.15, 0.2) is 0 Å². The third-order valence-electron chi connectivity index (χ3n) is 8.80. The average Bonchev–Trinajstić information content (AvgIpc) is 3.02. The van der Waals surface area contributed by atoms with Gasteiger partial charge in [0.05, 0.1) is 13.2 Å². The molecule has 0 radical (unpaired) electrons. The Balaban J connectivity index is -0.000000807. The minimum Gasteiger partial charge on any atom is -0.465 e. The van der Waals surface area contributed by atoms with Gasteiger partial charge in [-0.05, 0) is 104 Å². The molecule has 0 aromatic rings. The van der Waals surface area contributed by atoms with Gasteiger partial charge in [0, 0.05) is 12.8 Å². The van der Waals surface area contributed by atoms with Gasteiger partial charge >= 0.3 is 11.9 Å². The van der Waals surface area contributed by atoms with Gasteiger partial charge in [-0.25, -0.2) is 0 Å². The second kappa shape index (κ2) is 39.3. The Morgan fingerprint density at radius 2 is 0.766 bits per heavy atom. The van der Waals surface area contributed by atoms with E-state index in [9.17, 15) is 9.59 Å². The minimum absolute atomic E-state index is 0. The number of esters is 2. The molecule has 0 amide bonds. The van der Waals surface area contributed by atoms with Crippen LogP contribution in [0, 0.1) is 11.8 Å². The highest BCUT2D eigenvalue weighted by atomic mass is 16.5. The molecule has 0 saturated carbocycles. The molecular weight excluding hydrogens is 588 g/mol. The summed E-state index contributed by atoms with van der Waals surface area (Å²) in [6.07, 6.45) is 27.9. The summed E-state index contributed by atoms with van der Waals surface area (Å²) >= 11 is 0. The highest BCUT2D eigenvalue weighted by Gasteiger charge is 2.13. The van der Waals surface area contributed by atoms with Gasteiger partial charge in [-0.15, -0.1) is 0 Å². The Morgan fingerprint density at radius 3 is 1.09 bits per heavy atom. The lowest BCUT2D eigenvalue weighted by Gasteiger charge is -2.17. The van der Waals surface area contributed by atoms with Crippen molar-refractivity contribution < 1.29 is 24.5 Å². The Bertz CT molecular complexity index is 590. The van der Waals surface area contributed by atoms with Gasteiger partial charge in [-0.3, -0.25) is 9.59 Å². The Morgan fingerprint density at radius 1 is 0.447 bits per heavy atom. The number of hydrogen-bond acceptors (Lipinski definition) is 6. The first-order valence-electron chi connectivity index (χ1n) is 19.8. The summed E-state index contributed by atoms with van der Waals surface area (Å²) in [5, 5.41) is 0. The molecule has 0 aromatic carbocycles. The van der Waals surface area contributed by atoms with Crippen LogP contribution < -0.4 is 0 Å². The van der Waals surface area contributed by atoms with E-state index in [1.807, 2.05) is 0 Å². The molecule has 284 valence electrons. The van der Waals surface area contributed by atoms with Crippen molar-refractivity contribution >= 4 is 11.9 Å². The van der Waals surface area contributed by atoms with E-state index in [2.05, 4.69) is 65.7 Å². The van der Waals surface area contributed by atoms with Crippen LogP contribution in [0.5, 0.6) is 0 Å². The summed E-state index contributed by atoms with van der Waals surface area (Å²) in [6, 6.07) is 0. The smallest absolute Gasteiger partial charge is 0.305 e. The molecule has 7 heteroatoms. The molecule has 0 spiro atoms. The summed E-state index contributed by atoms with van der Waals surface area (Å²) < 4.78 is 11.1. The highest BCUT2D eigenvalue weighted by molar-refractivity contribution is 5.69. The maximum Gasteiger partial charge on any atom is 0.305 e. The summed E-state index contributed by atoms with van der Waals surface area (Å²) in [7, 11) is 8.35. The second-order valence-corrected chi connectivity index (χ2v) is 14.3. The van der Waals surface area contributed by atoms with E-state index in [1.54, 1.807) is 0 Å². The molecule has 0 rings (SSSR count). The molecule has 0 bridgehead atoms. The van der Waals surface area contributed by atoms with Crippen LogP contribution in [0.4, 0.5) is 0 Å². The first-order valence-corrected chi connectivity index (χ1v) is 19.8. The molecule has 0 heterocycles. The maximum atomic E-state index is 11.9. The van der Waals surface area contributed by atoms with Crippen LogP contribution in [0.25, 0.3) is 0 Å². The fourth-order valence-electron chi connectivity index (χ4n) is 5.64. The highest BCUT2D eigenvalue weighted by Crippen LogP contribution is 2.19. The SMILES string of the molecule is CCCCCCC(CCCC)COC(=O)CCCCCN(C)C.CCCCCCC(CCCC)COC(=O)CCCCCN(C)C.O. The first-order chi connectivity index (χ1) is 22.2. The van der Waals surface area contributed by atoms with Crippen molar-refractivity contribution in [3.8, 4) is 0 Å². The second-order valence-electron chi connectivity index (χ2n) is 14.3. The number of hydrogen-bond donors (Lipinski definition) is 0. The van der Waals surface area contributed by atoms with E-state index in [0.29, 0.717) is 37.9 Å². The average molecular weight is 673 g/mol. The Hall–Kier alpha value is -1.18. The molecule has 0 aliphatic rings. The molecule has 0 aromatic heterocycles. The fraction of sp³-hybridized carbons (Fsp3) is 0.950. The molecular formula is C40H84N2O5. The number of unbranched alkanes of at least 4 members (excludes halogenated alkanes) is 12. The van der Waals surface area contributed by atoms with Crippen LogP contribution in [0.3, 0.4) is 0 Å². The molecule has 2 atom stereocenters. The van der Waals surface area contributed by atoms with E-state index in [1.165, 1.54) is 103 Å². The van der Waals surface area contributed by atoms with Gasteiger partial charge < -0.3 is 24.7 Å². The summed E-state index contributed by atoms with van der Waals surface area (Å²) in [4.78, 5) is 28.1. The van der Waals surface area contributed by atoms with Gasteiger partial charge in [0.1, 0.15) is 0 Å². The monoisotopic (exact) mass is 673 g/mol. The van der Waals surface area contributed by atoms with Gasteiger partial charge in [-0.2, -0.15) is 0 Å². The molecule has 0 aliphatic carbocycles. The summed E-state index contributed by atoms with van der Waals surface area (Å²) in [5.74, 6) is 1.16. The third kappa shape index (κ3) is 40.9. The van der Waals surface area contributed by atoms with Gasteiger partial charge in [0.25, 0.3) is 0 Å². The number of ether oxygens (including phenoxy) is 2. The lowest BCUT2D eigenvalue weighted by Crippen LogP contribution is -2.15. The lowest BCUT2D eigenvalue weighted by molar-refractivity contribution is -0.146. The van der Waals surface area contributed by atoms with Crippen LogP contribution in [0.1, 0.15) is 182 Å². The summed E-state index contributed by atoms with van der Waals surface area (Å²) in [6.45, 7) is 12.4. The van der Waals surface area contributed by atoms with Gasteiger partial charge in [0.2, 0.25) is 0 Å². The zero-order valence-corrected chi connectivity index (χ0v) is 33.0. The van der Waals surface area contributed by atoms with Gasteiger partial charge in [-0.1, -0.05) is 118 Å². The van der Waals surface area contributed by atoms with Crippen molar-refractivity contribution in [1.82, 2.24) is 9.80 Å². The van der Waals surface area contributed by atoms with Crippen LogP contribution in [0.15, 0.2) is 0 Å². The predicted molar refractivity (Wildman–Crippen MR) is 203 cm³/mol. The van der Waals surface area contributed by atoms with Crippen molar-refractivity contribution in [3.63, 3.8) is 0 Å². The lowest BCUT2D eigenvalue weighted by atomic mass is 9.96. The number of nitrogens with zero attached hydrogens (tertiary/aromatic N) is 2. The van der Waals surface area contributed by atoms with E-state index < -0.39 is 0 Å². The van der Waals surface area contributed by atoms with E-state index >= 15 is 0 Å². The number of rotatable bonds is 32. The molecule has 0 fully saturated rings. The van der Waals surface area contributed by atoms with E-state index in [4.69, 9.17) is 9.47 Å². The van der Waals surface area contributed by atoms with Crippen LogP contribution in [0.2, 0.25) is 0 Å². The standard InChI is InChI=1S/2C20H41NO2.H2O/c2*1-5-7-9-11-15-19(14-8-6-2)18-23-20(22)16-12-10-13-17-21(3)4;/h2*19H,5-18H2,1-4H3;1H2. The molecule has 2 unspecified atom stereocenters. The molecule has 7 nitrogen and oxygen atoms in total. The zero-order chi connectivity index (χ0) is 34.7. The topological polar surface area (TPSA) is 90.6 Å². The normalized spacial score (nSPS) is 12.3. The first kappa shape index (κ1) is 50.2. The summed E-state index contributed by atoms with van der Waals surface area (Å²) in [5.41, 5.74) is 0. The predicted octanol–water partition coefficient (Wildman–Crippen LogP) is 10.0. The molecule has 0 aliphatic heterocycles. The quantitative estimate of drug-likeness (QED) is 0.0522. The number of carbonyl (C=O) groups is 2. The molecule has 0 saturated heterocycles. The minimum atomic E-state index is 0. The zero-order valence-electron chi connectivity index (χ0n) is 33.0. The van der Waals surface area contributed by atoms with Crippen LogP contribution in [-0.4, -0.2) is 81.7 Å². The maximum absolute atomic E-state index is 11.9. The molecule has 2 N–H and O–H groups in total. The van der Waals surface area contributed by atoms with Crippen molar-refractivity contribution in [1.29, 1.82) is 0 Å². The fourth-order valence-corrected chi connectivity index (χ4v) is 5.64. The Kier molecular flexibility index (Phi) is 41.9. The van der Waals surface area contributed by atoms with Crippen molar-refractivity contribution in [2.24, 2.45) is 11.8 Å². The number of carbonyl (C=O) groups excluding carboxylic acids is 2. The largest absolute Gasteiger partial charge is 0.465 e. The Labute approximate surface area is 294 Å². The third-order valence-corrected chi connectivity index (χ3v) is 8.80. The van der Waals surface area contributed by atoms with Crippen molar-refractivity contribution in [2.45, 2.75) is 182 Å². The van der Waals surface area contributed by atoms with E-state index in [-0.39, 0.29) is 17.4 Å². The van der Waals surface area contributed by atoms with Crippen molar-refractivity contribution in [3.05, 3.63) is 0 Å². The molecule has 47 heavy (non-hydrogen) atoms. The van der Waals surface area contributed by atoms with Crippen LogP contribution in [-0.2, 0) is 19.1 Å². The van der Waals surface area contributed by atoms with E-state index in [0.717, 1.165) is 51.6 Å². The van der Waals surface area contributed by atoms with Crippen LogP contribution >= 0.6 is 0 Å². The van der Waals surface area contributed by atoms with Crippen molar-refractivity contribution in [2.75, 3.05) is 54.5 Å².